The van der Waals surface area contributed by atoms with Crippen molar-refractivity contribution in [1.82, 2.24) is 34.5 Å². The molecule has 3 aromatic rings. The van der Waals surface area contributed by atoms with Gasteiger partial charge in [0.2, 0.25) is 11.8 Å². The highest BCUT2D eigenvalue weighted by Gasteiger charge is 2.24. The highest BCUT2D eigenvalue weighted by atomic mass is 16.5. The van der Waals surface area contributed by atoms with E-state index >= 15 is 0 Å². The maximum Gasteiger partial charge on any atom is 0.267 e. The van der Waals surface area contributed by atoms with Crippen molar-refractivity contribution in [2.45, 2.75) is 37.8 Å². The minimum atomic E-state index is -0.105. The van der Waals surface area contributed by atoms with Crippen molar-refractivity contribution >= 4 is 5.95 Å². The van der Waals surface area contributed by atoms with Crippen molar-refractivity contribution in [3.8, 4) is 11.7 Å². The fraction of sp³-hybridized carbons (Fsp3) is 0.412. The van der Waals surface area contributed by atoms with E-state index in [-0.39, 0.29) is 17.6 Å². The van der Waals surface area contributed by atoms with Crippen LogP contribution in [0.4, 0.5) is 5.95 Å². The van der Waals surface area contributed by atoms with Crippen LogP contribution in [0.5, 0.6) is 5.88 Å². The third-order valence-corrected chi connectivity index (χ3v) is 4.68. The van der Waals surface area contributed by atoms with Crippen LogP contribution in [-0.2, 0) is 0 Å². The molecule has 10 heteroatoms. The molecular weight excluding hydrogens is 348 g/mol. The van der Waals surface area contributed by atoms with Gasteiger partial charge in [0.05, 0.1) is 13.2 Å². The third-order valence-electron chi connectivity index (χ3n) is 4.68. The third kappa shape index (κ3) is 3.78. The Labute approximate surface area is 155 Å². The van der Waals surface area contributed by atoms with Crippen LogP contribution in [0.3, 0.4) is 0 Å². The van der Waals surface area contributed by atoms with E-state index in [1.807, 2.05) is 0 Å². The zero-order chi connectivity index (χ0) is 18.6. The van der Waals surface area contributed by atoms with Gasteiger partial charge in [-0.2, -0.15) is 10.1 Å². The molecule has 0 radical (unpaired) electrons. The molecule has 1 fully saturated rings. The summed E-state index contributed by atoms with van der Waals surface area (Å²) in [4.78, 5) is 24.7. The number of hydrogen-bond donors (Lipinski definition) is 1. The van der Waals surface area contributed by atoms with Gasteiger partial charge in [-0.25, -0.2) is 19.3 Å². The van der Waals surface area contributed by atoms with Crippen molar-refractivity contribution in [1.29, 1.82) is 0 Å². The van der Waals surface area contributed by atoms with Crippen LogP contribution in [0.25, 0.3) is 5.82 Å². The lowest BCUT2D eigenvalue weighted by Crippen LogP contribution is -2.33. The second-order valence-electron chi connectivity index (χ2n) is 6.39. The van der Waals surface area contributed by atoms with Crippen LogP contribution in [0.1, 0.15) is 31.7 Å². The van der Waals surface area contributed by atoms with Crippen LogP contribution in [0.2, 0.25) is 0 Å². The van der Waals surface area contributed by atoms with E-state index < -0.39 is 0 Å². The van der Waals surface area contributed by atoms with Gasteiger partial charge in [0.15, 0.2) is 5.82 Å². The molecule has 0 atom stereocenters. The maximum atomic E-state index is 12.3. The summed E-state index contributed by atoms with van der Waals surface area (Å²) in [5.74, 6) is 1.67. The molecule has 0 amide bonds. The van der Waals surface area contributed by atoms with Crippen molar-refractivity contribution < 1.29 is 4.74 Å². The molecule has 1 aliphatic carbocycles. The maximum absolute atomic E-state index is 12.3. The summed E-state index contributed by atoms with van der Waals surface area (Å²) < 4.78 is 8.23. The number of rotatable bonds is 5. The minimum absolute atomic E-state index is 0.0604. The Morgan fingerprint density at radius 2 is 2.04 bits per heavy atom. The van der Waals surface area contributed by atoms with Gasteiger partial charge in [0, 0.05) is 24.4 Å². The highest BCUT2D eigenvalue weighted by Crippen LogP contribution is 2.28. The first-order valence-electron chi connectivity index (χ1n) is 8.81. The zero-order valence-electron chi connectivity index (χ0n) is 14.9. The lowest BCUT2D eigenvalue weighted by molar-refractivity contribution is 0.302. The van der Waals surface area contributed by atoms with Crippen molar-refractivity contribution in [3.05, 3.63) is 47.4 Å². The second kappa shape index (κ2) is 7.52. The monoisotopic (exact) mass is 368 g/mol. The molecule has 3 aromatic heterocycles. The summed E-state index contributed by atoms with van der Waals surface area (Å²) >= 11 is 0. The van der Waals surface area contributed by atoms with Crippen LogP contribution in [0, 0.1) is 0 Å². The Hall–Kier alpha value is -3.30. The number of aromatic nitrogens is 7. The largest absolute Gasteiger partial charge is 0.481 e. The molecule has 4 rings (SSSR count). The van der Waals surface area contributed by atoms with Crippen LogP contribution >= 0.6 is 0 Å². The highest BCUT2D eigenvalue weighted by molar-refractivity contribution is 5.29. The van der Waals surface area contributed by atoms with Crippen molar-refractivity contribution in [2.75, 3.05) is 12.4 Å². The summed E-state index contributed by atoms with van der Waals surface area (Å²) in [6.45, 7) is 0. The fourth-order valence-electron chi connectivity index (χ4n) is 3.30. The quantitative estimate of drug-likeness (QED) is 0.715. The van der Waals surface area contributed by atoms with E-state index in [9.17, 15) is 4.79 Å². The van der Waals surface area contributed by atoms with Crippen LogP contribution in [0.15, 0.2) is 41.8 Å². The van der Waals surface area contributed by atoms with Crippen molar-refractivity contribution in [2.24, 2.45) is 0 Å². The summed E-state index contributed by atoms with van der Waals surface area (Å²) in [5.41, 5.74) is -0.105. The second-order valence-corrected chi connectivity index (χ2v) is 6.39. The molecule has 0 unspecified atom stereocenters. The first-order chi connectivity index (χ1) is 13.2. The van der Waals surface area contributed by atoms with E-state index in [1.54, 1.807) is 41.1 Å². The molecule has 1 saturated carbocycles. The zero-order valence-corrected chi connectivity index (χ0v) is 14.9. The van der Waals surface area contributed by atoms with E-state index in [4.69, 9.17) is 4.74 Å². The summed E-state index contributed by atoms with van der Waals surface area (Å²) in [5, 5.41) is 11.9. The smallest absolute Gasteiger partial charge is 0.267 e. The molecule has 140 valence electrons. The number of nitrogens with one attached hydrogen (secondary N) is 1. The molecule has 1 N–H and O–H groups in total. The molecule has 0 bridgehead atoms. The molecule has 10 nitrogen and oxygen atoms in total. The van der Waals surface area contributed by atoms with Crippen molar-refractivity contribution in [3.63, 3.8) is 0 Å². The molecule has 0 aliphatic heterocycles. The van der Waals surface area contributed by atoms with E-state index in [0.29, 0.717) is 17.6 Å². The molecule has 0 spiro atoms. The van der Waals surface area contributed by atoms with Gasteiger partial charge in [-0.1, -0.05) is 0 Å². The summed E-state index contributed by atoms with van der Waals surface area (Å²) in [6, 6.07) is 5.20. The number of methoxy groups -OCH3 is 1. The van der Waals surface area contributed by atoms with Gasteiger partial charge in [-0.15, -0.1) is 5.10 Å². The lowest BCUT2D eigenvalue weighted by atomic mass is 9.91. The number of nitrogens with zero attached hydrogens (tertiary/aromatic N) is 7. The first-order valence-corrected chi connectivity index (χ1v) is 8.81. The van der Waals surface area contributed by atoms with Crippen LogP contribution < -0.4 is 15.6 Å². The van der Waals surface area contributed by atoms with Gasteiger partial charge in [0.1, 0.15) is 12.7 Å². The number of hydrogen-bond acceptors (Lipinski definition) is 8. The van der Waals surface area contributed by atoms with E-state index in [1.165, 1.54) is 12.4 Å². The standard InChI is InChI=1S/C17H20N8O2/c1-27-15-8-9-19-17(22-15)21-12-2-4-13(5-3-12)25-16(26)7-6-14(23-25)24-11-18-10-20-24/h6-13H,2-5H2,1H3,(H,19,21,22). The Bertz CT molecular complexity index is 948. The normalized spacial score (nSPS) is 19.6. The Morgan fingerprint density at radius 1 is 1.19 bits per heavy atom. The van der Waals surface area contributed by atoms with E-state index in [2.05, 4.69) is 30.5 Å². The molecule has 0 saturated heterocycles. The first kappa shape index (κ1) is 17.1. The van der Waals surface area contributed by atoms with Gasteiger partial charge in [-0.05, 0) is 31.7 Å². The van der Waals surface area contributed by atoms with Crippen LogP contribution in [-0.4, -0.2) is 47.7 Å². The predicted molar refractivity (Wildman–Crippen MR) is 96.9 cm³/mol. The van der Waals surface area contributed by atoms with Gasteiger partial charge >= 0.3 is 0 Å². The topological polar surface area (TPSA) is 113 Å². The van der Waals surface area contributed by atoms with Gasteiger partial charge < -0.3 is 10.1 Å². The fourth-order valence-corrected chi connectivity index (χ4v) is 3.30. The Kier molecular flexibility index (Phi) is 4.77. The van der Waals surface area contributed by atoms with Gasteiger partial charge in [-0.3, -0.25) is 4.79 Å². The molecule has 27 heavy (non-hydrogen) atoms. The number of anilines is 1. The molecule has 3 heterocycles. The molecule has 0 aromatic carbocycles. The molecule has 1 aliphatic rings. The van der Waals surface area contributed by atoms with E-state index in [0.717, 1.165) is 25.7 Å². The lowest BCUT2D eigenvalue weighted by Gasteiger charge is -2.29. The number of ether oxygens (including phenoxy) is 1. The Balaban J connectivity index is 1.43. The SMILES string of the molecule is COc1ccnc(NC2CCC(n3nc(-n4cncn4)ccc3=O)CC2)n1. The summed E-state index contributed by atoms with van der Waals surface area (Å²) in [6.07, 6.45) is 8.14. The van der Waals surface area contributed by atoms with Gasteiger partial charge in [0.25, 0.3) is 5.56 Å². The predicted octanol–water partition coefficient (Wildman–Crippen LogP) is 1.22. The average molecular weight is 368 g/mol. The Morgan fingerprint density at radius 3 is 2.78 bits per heavy atom. The molecular formula is C17H20N8O2. The minimum Gasteiger partial charge on any atom is -0.481 e. The average Bonchev–Trinajstić information content (AvgIpc) is 3.24. The summed E-state index contributed by atoms with van der Waals surface area (Å²) in [7, 11) is 1.58.